The lowest BCUT2D eigenvalue weighted by Gasteiger charge is -2.31. The molecule has 38 heavy (non-hydrogen) atoms. The Labute approximate surface area is 228 Å². The monoisotopic (exact) mass is 541 g/mol. The van der Waals surface area contributed by atoms with Crippen LogP contribution in [0.15, 0.2) is 0 Å². The predicted octanol–water partition coefficient (Wildman–Crippen LogP) is 2.20. The van der Waals surface area contributed by atoms with Gasteiger partial charge in [-0.2, -0.15) is 0 Å². The van der Waals surface area contributed by atoms with Crippen LogP contribution in [0.3, 0.4) is 0 Å². The van der Waals surface area contributed by atoms with Gasteiger partial charge in [-0.15, -0.1) is 0 Å². The fraction of sp³-hybridized carbons (Fsp3) is 0.857. The number of nitrogens with one attached hydrogen (secondary N) is 3. The topological polar surface area (TPSA) is 154 Å². The molecule has 1 heterocycles. The maximum Gasteiger partial charge on any atom is 0.331 e. The number of aliphatic hydroxyl groups is 2. The molecule has 0 aromatic carbocycles. The van der Waals surface area contributed by atoms with Crippen molar-refractivity contribution in [1.29, 1.82) is 0 Å². The minimum absolute atomic E-state index is 0.170. The second kappa shape index (κ2) is 17.4. The van der Waals surface area contributed by atoms with Crippen LogP contribution >= 0.6 is 0 Å². The van der Waals surface area contributed by atoms with Crippen molar-refractivity contribution >= 4 is 23.7 Å². The molecule has 10 nitrogen and oxygen atoms in total. The van der Waals surface area contributed by atoms with Gasteiger partial charge in [-0.25, -0.2) is 4.79 Å². The third kappa shape index (κ3) is 10.9. The zero-order valence-corrected chi connectivity index (χ0v) is 24.1. The van der Waals surface area contributed by atoms with Gasteiger partial charge in [-0.1, -0.05) is 86.0 Å². The zero-order chi connectivity index (χ0) is 28.8. The molecule has 0 radical (unpaired) electrons. The van der Waals surface area contributed by atoms with Crippen LogP contribution < -0.4 is 16.0 Å². The number of carbonyl (C=O) groups excluding carboxylic acids is 4. The largest absolute Gasteiger partial charge is 0.460 e. The molecule has 1 aliphatic heterocycles. The Kier molecular flexibility index (Phi) is 15.5. The first-order valence-corrected chi connectivity index (χ1v) is 14.3. The average molecular weight is 542 g/mol. The standard InChI is InChI=1S/C28H51N3O7/c1-7-8-9-10-11-12-13-14-15-18(4)24-19(5)25(34)30-22(17(2)3)26(35)31-23(20(6)33)27(36)29-21(16-32)28(37)38-24/h17-24,32-33H,7-16H2,1-6H3,(H,29,36)(H,30,34)(H,31,35)/t18-,19+,20-,21-,22-,23-,24-/m0/s1. The quantitative estimate of drug-likeness (QED) is 0.177. The van der Waals surface area contributed by atoms with Crippen molar-refractivity contribution in [3.63, 3.8) is 0 Å². The van der Waals surface area contributed by atoms with Crippen molar-refractivity contribution < 1.29 is 34.1 Å². The van der Waals surface area contributed by atoms with Gasteiger partial charge in [0.2, 0.25) is 17.7 Å². The van der Waals surface area contributed by atoms with E-state index in [1.807, 2.05) is 6.92 Å². The normalized spacial score (nSPS) is 27.2. The van der Waals surface area contributed by atoms with E-state index >= 15 is 0 Å². The van der Waals surface area contributed by atoms with Crippen molar-refractivity contribution in [3.05, 3.63) is 0 Å². The summed E-state index contributed by atoms with van der Waals surface area (Å²) in [4.78, 5) is 52.1. The smallest absolute Gasteiger partial charge is 0.331 e. The lowest BCUT2D eigenvalue weighted by atomic mass is 9.88. The molecular weight excluding hydrogens is 490 g/mol. The Bertz CT molecular complexity index is 759. The predicted molar refractivity (Wildman–Crippen MR) is 145 cm³/mol. The minimum Gasteiger partial charge on any atom is -0.460 e. The summed E-state index contributed by atoms with van der Waals surface area (Å²) in [5.41, 5.74) is 0. The third-order valence-corrected chi connectivity index (χ3v) is 7.33. The minimum atomic E-state index is -1.41. The van der Waals surface area contributed by atoms with Crippen molar-refractivity contribution in [2.24, 2.45) is 17.8 Å². The molecule has 0 aromatic heterocycles. The van der Waals surface area contributed by atoms with E-state index in [9.17, 15) is 29.4 Å². The number of ether oxygens (including phenoxy) is 1. The molecule has 0 aliphatic carbocycles. The first-order chi connectivity index (χ1) is 17.9. The van der Waals surface area contributed by atoms with Gasteiger partial charge >= 0.3 is 5.97 Å². The van der Waals surface area contributed by atoms with Gasteiger partial charge in [0.05, 0.1) is 18.6 Å². The SMILES string of the molecule is CCCCCCCCCC[C@H](C)[C@@H]1OC(=O)[C@H](CO)NC(=O)[C@H]([C@H](C)O)NC(=O)[C@H](C(C)C)NC(=O)[C@@H]1C. The average Bonchev–Trinajstić information content (AvgIpc) is 2.87. The summed E-state index contributed by atoms with van der Waals surface area (Å²) in [5, 5.41) is 27.5. The molecule has 1 rings (SSSR count). The van der Waals surface area contributed by atoms with Gasteiger partial charge < -0.3 is 30.9 Å². The first-order valence-electron chi connectivity index (χ1n) is 14.3. The lowest BCUT2D eigenvalue weighted by molar-refractivity contribution is -0.162. The summed E-state index contributed by atoms with van der Waals surface area (Å²) < 4.78 is 5.76. The first kappa shape index (κ1) is 33.8. The molecule has 220 valence electrons. The number of carbonyl (C=O) groups is 4. The lowest BCUT2D eigenvalue weighted by Crippen LogP contribution is -2.60. The summed E-state index contributed by atoms with van der Waals surface area (Å²) in [7, 11) is 0. The summed E-state index contributed by atoms with van der Waals surface area (Å²) in [6.07, 6.45) is 7.88. The van der Waals surface area contributed by atoms with Gasteiger partial charge in [-0.3, -0.25) is 14.4 Å². The van der Waals surface area contributed by atoms with Crippen LogP contribution in [-0.2, 0) is 23.9 Å². The molecule has 0 spiro atoms. The third-order valence-electron chi connectivity index (χ3n) is 7.33. The van der Waals surface area contributed by atoms with E-state index in [1.165, 1.54) is 39.0 Å². The number of cyclic esters (lactones) is 1. The second-order valence-electron chi connectivity index (χ2n) is 11.1. The Balaban J connectivity index is 3.10. The van der Waals surface area contributed by atoms with E-state index in [0.29, 0.717) is 0 Å². The zero-order valence-electron chi connectivity index (χ0n) is 24.1. The highest BCUT2D eigenvalue weighted by molar-refractivity contribution is 5.94. The molecule has 3 amide bonds. The van der Waals surface area contributed by atoms with Crippen molar-refractivity contribution in [1.82, 2.24) is 16.0 Å². The molecule has 0 aromatic rings. The fourth-order valence-corrected chi connectivity index (χ4v) is 4.75. The van der Waals surface area contributed by atoms with E-state index < -0.39 is 66.5 Å². The van der Waals surface area contributed by atoms with Crippen LogP contribution in [0.5, 0.6) is 0 Å². The molecule has 1 fully saturated rings. The highest BCUT2D eigenvalue weighted by Crippen LogP contribution is 2.24. The van der Waals surface area contributed by atoms with Gasteiger partial charge in [0.15, 0.2) is 6.04 Å². The number of amides is 3. The second-order valence-corrected chi connectivity index (χ2v) is 11.1. The molecule has 10 heteroatoms. The summed E-state index contributed by atoms with van der Waals surface area (Å²) >= 11 is 0. The molecule has 0 bridgehead atoms. The summed E-state index contributed by atoms with van der Waals surface area (Å²) in [6.45, 7) is 9.87. The molecular formula is C28H51N3O7. The van der Waals surface area contributed by atoms with Gasteiger partial charge in [0.1, 0.15) is 18.2 Å². The van der Waals surface area contributed by atoms with E-state index in [1.54, 1.807) is 20.8 Å². The van der Waals surface area contributed by atoms with Crippen LogP contribution in [0.2, 0.25) is 0 Å². The summed E-state index contributed by atoms with van der Waals surface area (Å²) in [6, 6.07) is -3.76. The fourth-order valence-electron chi connectivity index (χ4n) is 4.75. The number of hydrogen-bond acceptors (Lipinski definition) is 7. The Morgan fingerprint density at radius 2 is 1.32 bits per heavy atom. The highest BCUT2D eigenvalue weighted by Gasteiger charge is 2.39. The van der Waals surface area contributed by atoms with Crippen LogP contribution in [0.4, 0.5) is 0 Å². The van der Waals surface area contributed by atoms with Crippen LogP contribution in [0.25, 0.3) is 0 Å². The number of esters is 1. The number of rotatable bonds is 13. The molecule has 0 unspecified atom stereocenters. The Hall–Kier alpha value is -2.20. The van der Waals surface area contributed by atoms with Crippen LogP contribution in [-0.4, -0.2) is 70.8 Å². The summed E-state index contributed by atoms with van der Waals surface area (Å²) in [5.74, 6) is -4.05. The molecule has 1 saturated heterocycles. The van der Waals surface area contributed by atoms with Crippen LogP contribution in [0, 0.1) is 17.8 Å². The van der Waals surface area contributed by atoms with Crippen molar-refractivity contribution in [3.8, 4) is 0 Å². The van der Waals surface area contributed by atoms with Crippen molar-refractivity contribution in [2.75, 3.05) is 6.61 Å². The van der Waals surface area contributed by atoms with Gasteiger partial charge in [0.25, 0.3) is 0 Å². The maximum atomic E-state index is 13.3. The van der Waals surface area contributed by atoms with E-state index in [4.69, 9.17) is 4.74 Å². The molecule has 5 N–H and O–H groups in total. The number of unbranched alkanes of at least 4 members (excludes halogenated alkanes) is 7. The van der Waals surface area contributed by atoms with E-state index in [2.05, 4.69) is 22.9 Å². The Morgan fingerprint density at radius 3 is 1.84 bits per heavy atom. The van der Waals surface area contributed by atoms with E-state index in [-0.39, 0.29) is 11.8 Å². The number of hydrogen-bond donors (Lipinski definition) is 5. The van der Waals surface area contributed by atoms with Gasteiger partial charge in [0, 0.05) is 0 Å². The molecule has 1 aliphatic rings. The van der Waals surface area contributed by atoms with Gasteiger partial charge in [-0.05, 0) is 25.2 Å². The van der Waals surface area contributed by atoms with E-state index in [0.717, 1.165) is 25.7 Å². The maximum absolute atomic E-state index is 13.3. The highest BCUT2D eigenvalue weighted by atomic mass is 16.5. The molecule has 7 atom stereocenters. The van der Waals surface area contributed by atoms with Crippen molar-refractivity contribution in [2.45, 2.75) is 130 Å². The molecule has 0 saturated carbocycles. The van der Waals surface area contributed by atoms with Crippen LogP contribution in [0.1, 0.15) is 99.3 Å². The Morgan fingerprint density at radius 1 is 0.789 bits per heavy atom. The number of aliphatic hydroxyl groups excluding tert-OH is 2.